The third-order valence-corrected chi connectivity index (χ3v) is 2.67. The van der Waals surface area contributed by atoms with E-state index in [-0.39, 0.29) is 18.0 Å². The summed E-state index contributed by atoms with van der Waals surface area (Å²) < 4.78 is 9.60. The number of carbonyl (C=O) groups excluding carboxylic acids is 1. The van der Waals surface area contributed by atoms with Gasteiger partial charge in [-0.2, -0.15) is 0 Å². The first kappa shape index (κ1) is 14.2. The summed E-state index contributed by atoms with van der Waals surface area (Å²) in [6.45, 7) is 0. The number of hydrogen-bond donors (Lipinski definition) is 0. The molecule has 0 unspecified atom stereocenters. The highest BCUT2D eigenvalue weighted by atomic mass is 35.5. The topological polar surface area (TPSA) is 78.7 Å². The molecule has 0 amide bonds. The van der Waals surface area contributed by atoms with Gasteiger partial charge in [0.1, 0.15) is 5.75 Å². The number of esters is 1. The van der Waals surface area contributed by atoms with E-state index in [0.29, 0.717) is 16.9 Å². The standard InChI is InChI=1S/C11H12ClNO5/c1-17-10-4-8(6-12)9(13(15)16)3-7(10)5-11(14)18-2/h3-4H,5-6H2,1-2H3. The van der Waals surface area contributed by atoms with Gasteiger partial charge in [-0.25, -0.2) is 0 Å². The van der Waals surface area contributed by atoms with Gasteiger partial charge in [0.25, 0.3) is 5.69 Å². The van der Waals surface area contributed by atoms with Crippen molar-refractivity contribution in [3.63, 3.8) is 0 Å². The van der Waals surface area contributed by atoms with Gasteiger partial charge in [0, 0.05) is 17.2 Å². The fourth-order valence-corrected chi connectivity index (χ4v) is 1.70. The average molecular weight is 274 g/mol. The highest BCUT2D eigenvalue weighted by Crippen LogP contribution is 2.30. The molecule has 1 rings (SSSR count). The van der Waals surface area contributed by atoms with Crippen LogP contribution >= 0.6 is 11.6 Å². The molecule has 0 fully saturated rings. The molecule has 0 aliphatic heterocycles. The van der Waals surface area contributed by atoms with Crippen LogP contribution in [0.4, 0.5) is 5.69 Å². The second-order valence-corrected chi connectivity index (χ2v) is 3.70. The zero-order chi connectivity index (χ0) is 13.7. The minimum atomic E-state index is -0.544. The fourth-order valence-electron chi connectivity index (χ4n) is 1.49. The summed E-state index contributed by atoms with van der Waals surface area (Å²) in [6.07, 6.45) is -0.0942. The van der Waals surface area contributed by atoms with Crippen molar-refractivity contribution in [2.24, 2.45) is 0 Å². The van der Waals surface area contributed by atoms with Crippen LogP contribution in [-0.2, 0) is 21.8 Å². The third-order valence-electron chi connectivity index (χ3n) is 2.38. The van der Waals surface area contributed by atoms with Crippen LogP contribution in [0, 0.1) is 10.1 Å². The molecule has 1 aromatic carbocycles. The molecule has 0 saturated heterocycles. The lowest BCUT2D eigenvalue weighted by atomic mass is 10.1. The number of nitro benzene ring substituents is 1. The lowest BCUT2D eigenvalue weighted by molar-refractivity contribution is -0.385. The Labute approximate surface area is 109 Å². The predicted octanol–water partition coefficient (Wildman–Crippen LogP) is 2.06. The van der Waals surface area contributed by atoms with E-state index < -0.39 is 10.9 Å². The van der Waals surface area contributed by atoms with Gasteiger partial charge in [0.05, 0.1) is 31.4 Å². The normalized spacial score (nSPS) is 9.94. The van der Waals surface area contributed by atoms with E-state index in [0.717, 1.165) is 0 Å². The van der Waals surface area contributed by atoms with Gasteiger partial charge in [-0.3, -0.25) is 14.9 Å². The number of benzene rings is 1. The van der Waals surface area contributed by atoms with E-state index >= 15 is 0 Å². The Kier molecular flexibility index (Phi) is 4.91. The van der Waals surface area contributed by atoms with Gasteiger partial charge in [0.2, 0.25) is 0 Å². The molecule has 0 spiro atoms. The van der Waals surface area contributed by atoms with E-state index in [9.17, 15) is 14.9 Å². The zero-order valence-corrected chi connectivity index (χ0v) is 10.7. The molecule has 0 radical (unpaired) electrons. The van der Waals surface area contributed by atoms with Crippen molar-refractivity contribution in [2.45, 2.75) is 12.3 Å². The molecular formula is C11H12ClNO5. The first-order valence-corrected chi connectivity index (χ1v) is 5.53. The molecule has 0 aromatic heterocycles. The molecule has 0 bridgehead atoms. The maximum Gasteiger partial charge on any atom is 0.310 e. The van der Waals surface area contributed by atoms with Gasteiger partial charge < -0.3 is 9.47 Å². The lowest BCUT2D eigenvalue weighted by Gasteiger charge is -2.09. The van der Waals surface area contributed by atoms with Gasteiger partial charge in [-0.05, 0) is 6.07 Å². The van der Waals surface area contributed by atoms with Crippen molar-refractivity contribution >= 4 is 23.3 Å². The Morgan fingerprint density at radius 2 is 2.06 bits per heavy atom. The average Bonchev–Trinajstić information content (AvgIpc) is 2.37. The van der Waals surface area contributed by atoms with Crippen LogP contribution in [0.15, 0.2) is 12.1 Å². The number of ether oxygens (including phenoxy) is 2. The summed E-state index contributed by atoms with van der Waals surface area (Å²) in [5, 5.41) is 10.9. The van der Waals surface area contributed by atoms with Crippen LogP contribution in [0.25, 0.3) is 0 Å². The van der Waals surface area contributed by atoms with Crippen LogP contribution in [0.3, 0.4) is 0 Å². The smallest absolute Gasteiger partial charge is 0.310 e. The van der Waals surface area contributed by atoms with Crippen LogP contribution in [0.2, 0.25) is 0 Å². The van der Waals surface area contributed by atoms with Gasteiger partial charge in [0.15, 0.2) is 0 Å². The summed E-state index contributed by atoms with van der Waals surface area (Å²) in [5.41, 5.74) is 0.599. The lowest BCUT2D eigenvalue weighted by Crippen LogP contribution is -2.07. The number of alkyl halides is 1. The van der Waals surface area contributed by atoms with E-state index in [1.54, 1.807) is 0 Å². The summed E-state index contributed by atoms with van der Waals surface area (Å²) in [7, 11) is 2.66. The second kappa shape index (κ2) is 6.20. The third kappa shape index (κ3) is 3.10. The number of carbonyl (C=O) groups is 1. The maximum atomic E-state index is 11.2. The molecule has 1 aromatic rings. The number of nitro groups is 1. The van der Waals surface area contributed by atoms with Gasteiger partial charge in [-0.15, -0.1) is 11.6 Å². The highest BCUT2D eigenvalue weighted by molar-refractivity contribution is 6.17. The molecule has 0 saturated carbocycles. The van der Waals surface area contributed by atoms with Crippen LogP contribution in [0.5, 0.6) is 5.75 Å². The van der Waals surface area contributed by atoms with Crippen LogP contribution in [-0.4, -0.2) is 25.1 Å². The number of hydrogen-bond acceptors (Lipinski definition) is 5. The van der Waals surface area contributed by atoms with Gasteiger partial charge in [-0.1, -0.05) is 0 Å². The largest absolute Gasteiger partial charge is 0.496 e. The SMILES string of the molecule is COC(=O)Cc1cc([N+](=O)[O-])c(CCl)cc1OC. The molecule has 0 heterocycles. The molecule has 0 N–H and O–H groups in total. The Morgan fingerprint density at radius 1 is 1.39 bits per heavy atom. The van der Waals surface area contributed by atoms with E-state index in [4.69, 9.17) is 16.3 Å². The minimum Gasteiger partial charge on any atom is -0.496 e. The highest BCUT2D eigenvalue weighted by Gasteiger charge is 2.19. The zero-order valence-electron chi connectivity index (χ0n) is 9.94. The van der Waals surface area contributed by atoms with Crippen molar-refractivity contribution in [1.29, 1.82) is 0 Å². The first-order valence-electron chi connectivity index (χ1n) is 5.00. The Balaban J connectivity index is 3.27. The maximum absolute atomic E-state index is 11.2. The Morgan fingerprint density at radius 3 is 2.50 bits per heavy atom. The molecule has 0 atom stereocenters. The first-order chi connectivity index (χ1) is 8.53. The van der Waals surface area contributed by atoms with Crippen molar-refractivity contribution in [3.05, 3.63) is 33.4 Å². The number of halogens is 1. The van der Waals surface area contributed by atoms with Crippen LogP contribution < -0.4 is 4.74 Å². The predicted molar refractivity (Wildman–Crippen MR) is 64.9 cm³/mol. The molecule has 0 aliphatic carbocycles. The summed E-state index contributed by atoms with van der Waals surface area (Å²) in [6, 6.07) is 2.75. The minimum absolute atomic E-state index is 0.00875. The van der Waals surface area contributed by atoms with Crippen molar-refractivity contribution in [2.75, 3.05) is 14.2 Å². The van der Waals surface area contributed by atoms with Crippen molar-refractivity contribution < 1.29 is 19.2 Å². The second-order valence-electron chi connectivity index (χ2n) is 3.44. The summed E-state index contributed by atoms with van der Waals surface area (Å²) in [4.78, 5) is 21.5. The Hall–Kier alpha value is -1.82. The number of rotatable bonds is 5. The van der Waals surface area contributed by atoms with E-state index in [1.165, 1.54) is 26.4 Å². The molecular weight excluding hydrogens is 262 g/mol. The monoisotopic (exact) mass is 273 g/mol. The molecule has 18 heavy (non-hydrogen) atoms. The van der Waals surface area contributed by atoms with Crippen LogP contribution in [0.1, 0.15) is 11.1 Å². The molecule has 7 heteroatoms. The molecule has 98 valence electrons. The number of methoxy groups -OCH3 is 2. The summed E-state index contributed by atoms with van der Waals surface area (Å²) in [5.74, 6) is -0.131. The number of nitrogens with zero attached hydrogens (tertiary/aromatic N) is 1. The Bertz CT molecular complexity index is 475. The van der Waals surface area contributed by atoms with Gasteiger partial charge >= 0.3 is 5.97 Å². The molecule has 0 aliphatic rings. The quantitative estimate of drug-likeness (QED) is 0.355. The molecule has 6 nitrogen and oxygen atoms in total. The van der Waals surface area contributed by atoms with E-state index in [2.05, 4.69) is 4.74 Å². The summed E-state index contributed by atoms with van der Waals surface area (Å²) >= 11 is 5.64. The van der Waals surface area contributed by atoms with Crippen molar-refractivity contribution in [1.82, 2.24) is 0 Å². The van der Waals surface area contributed by atoms with Crippen molar-refractivity contribution in [3.8, 4) is 5.75 Å². The van der Waals surface area contributed by atoms with E-state index in [1.807, 2.05) is 0 Å². The fraction of sp³-hybridized carbons (Fsp3) is 0.364.